The summed E-state index contributed by atoms with van der Waals surface area (Å²) in [6.07, 6.45) is 0. The molecule has 30 heavy (non-hydrogen) atoms. The number of nitrogens with zero attached hydrogens (tertiary/aromatic N) is 6. The number of anilines is 4. The third-order valence-corrected chi connectivity index (χ3v) is 4.15. The molecular formula is C18H18N12. The van der Waals surface area contributed by atoms with Gasteiger partial charge in [0.15, 0.2) is 23.0 Å². The van der Waals surface area contributed by atoms with Gasteiger partial charge in [-0.1, -0.05) is 24.3 Å². The van der Waals surface area contributed by atoms with Gasteiger partial charge < -0.3 is 22.9 Å². The van der Waals surface area contributed by atoms with Crippen LogP contribution in [0, 0.1) is 0 Å². The van der Waals surface area contributed by atoms with Crippen molar-refractivity contribution in [2.75, 3.05) is 22.9 Å². The maximum Gasteiger partial charge on any atom is 0.175 e. The maximum atomic E-state index is 5.73. The summed E-state index contributed by atoms with van der Waals surface area (Å²) in [4.78, 5) is 0. The second-order valence-corrected chi connectivity index (χ2v) is 6.24. The van der Waals surface area contributed by atoms with E-state index in [0.717, 1.165) is 11.1 Å². The molecule has 0 aliphatic rings. The smallest absolute Gasteiger partial charge is 0.175 e. The van der Waals surface area contributed by atoms with E-state index in [0.29, 0.717) is 22.7 Å². The molecule has 2 aromatic heterocycles. The van der Waals surface area contributed by atoms with Crippen LogP contribution >= 0.6 is 0 Å². The fraction of sp³-hybridized carbons (Fsp3) is 0. The summed E-state index contributed by atoms with van der Waals surface area (Å²) in [5.41, 5.74) is 26.6. The van der Waals surface area contributed by atoms with Crippen LogP contribution in [0.2, 0.25) is 0 Å². The molecule has 0 radical (unpaired) electrons. The zero-order valence-electron chi connectivity index (χ0n) is 15.6. The van der Waals surface area contributed by atoms with E-state index in [2.05, 4.69) is 40.9 Å². The number of aromatic nitrogens is 4. The summed E-state index contributed by atoms with van der Waals surface area (Å²) < 4.78 is 0. The first-order chi connectivity index (χ1) is 14.5. The van der Waals surface area contributed by atoms with Gasteiger partial charge in [-0.3, -0.25) is 10.2 Å². The Morgan fingerprint density at radius 1 is 0.600 bits per heavy atom. The molecule has 4 rings (SSSR count). The van der Waals surface area contributed by atoms with Crippen LogP contribution in [-0.4, -0.2) is 20.4 Å². The first-order valence-electron chi connectivity index (χ1n) is 8.74. The second kappa shape index (κ2) is 7.71. The number of nitrogens with one attached hydrogen (secondary N) is 2. The first kappa shape index (κ1) is 18.6. The summed E-state index contributed by atoms with van der Waals surface area (Å²) in [6.45, 7) is 0. The van der Waals surface area contributed by atoms with Gasteiger partial charge in [0.25, 0.3) is 0 Å². The highest BCUT2D eigenvalue weighted by Gasteiger charge is 2.08. The molecule has 0 amide bonds. The summed E-state index contributed by atoms with van der Waals surface area (Å²) in [7, 11) is 0. The number of hydrogen-bond acceptors (Lipinski definition) is 10. The van der Waals surface area contributed by atoms with E-state index in [1.165, 1.54) is 0 Å². The number of azo groups is 2. The standard InChI is InChI=1S/C18H18N12/c19-15-13(16(20)28-27-15)25-23-11-5-1-3-9(7-11)10-4-2-6-12(8-10)24-26-14-17(21)29-30-18(14)22/h1-8H,(H5,19,20,27,28)(H5,21,22,29,30). The predicted molar refractivity (Wildman–Crippen MR) is 115 cm³/mol. The van der Waals surface area contributed by atoms with E-state index >= 15 is 0 Å². The molecule has 0 saturated heterocycles. The Morgan fingerprint density at radius 2 is 1.03 bits per heavy atom. The van der Waals surface area contributed by atoms with E-state index in [4.69, 9.17) is 22.9 Å². The Hall–Kier alpha value is -4.74. The number of hydrogen-bond donors (Lipinski definition) is 6. The van der Waals surface area contributed by atoms with Crippen molar-refractivity contribution in [3.8, 4) is 11.1 Å². The topological polar surface area (TPSA) is 211 Å². The van der Waals surface area contributed by atoms with Crippen molar-refractivity contribution < 1.29 is 0 Å². The SMILES string of the molecule is Nc1n[nH]c(N)c1N=Nc1cccc(-c2cccc(N=Nc3c(N)n[nH]c3N)c2)c1. The van der Waals surface area contributed by atoms with Crippen molar-refractivity contribution in [1.29, 1.82) is 0 Å². The highest BCUT2D eigenvalue weighted by Crippen LogP contribution is 2.32. The number of rotatable bonds is 5. The molecule has 0 spiro atoms. The Balaban J connectivity index is 1.59. The largest absolute Gasteiger partial charge is 0.382 e. The van der Waals surface area contributed by atoms with Crippen molar-refractivity contribution in [3.05, 3.63) is 48.5 Å². The quantitative estimate of drug-likeness (QED) is 0.272. The highest BCUT2D eigenvalue weighted by atomic mass is 15.3. The van der Waals surface area contributed by atoms with Crippen LogP contribution in [0.5, 0.6) is 0 Å². The van der Waals surface area contributed by atoms with E-state index in [-0.39, 0.29) is 23.3 Å². The number of nitrogen functional groups attached to an aromatic ring is 4. The van der Waals surface area contributed by atoms with Crippen LogP contribution in [0.1, 0.15) is 0 Å². The first-order valence-corrected chi connectivity index (χ1v) is 8.74. The van der Waals surface area contributed by atoms with Crippen LogP contribution in [0.25, 0.3) is 11.1 Å². The molecule has 0 unspecified atom stereocenters. The minimum atomic E-state index is 0.185. The lowest BCUT2D eigenvalue weighted by atomic mass is 10.0. The van der Waals surface area contributed by atoms with Gasteiger partial charge in [0.2, 0.25) is 0 Å². The maximum absolute atomic E-state index is 5.73. The molecule has 0 bridgehead atoms. The summed E-state index contributed by atoms with van der Waals surface area (Å²) in [5, 5.41) is 29.2. The number of benzene rings is 2. The Labute approximate surface area is 170 Å². The summed E-state index contributed by atoms with van der Waals surface area (Å²) >= 11 is 0. The molecule has 0 atom stereocenters. The summed E-state index contributed by atoms with van der Waals surface area (Å²) in [6, 6.07) is 15.0. The fourth-order valence-corrected chi connectivity index (χ4v) is 2.65. The number of nitrogens with two attached hydrogens (primary N) is 4. The van der Waals surface area contributed by atoms with Gasteiger partial charge in [-0.2, -0.15) is 20.4 Å². The van der Waals surface area contributed by atoms with Crippen molar-refractivity contribution >= 4 is 46.0 Å². The van der Waals surface area contributed by atoms with E-state index in [9.17, 15) is 0 Å². The molecule has 0 aliphatic carbocycles. The zero-order valence-corrected chi connectivity index (χ0v) is 15.6. The van der Waals surface area contributed by atoms with Gasteiger partial charge in [-0.15, -0.1) is 10.2 Å². The number of aromatic amines is 2. The van der Waals surface area contributed by atoms with Gasteiger partial charge in [-0.05, 0) is 35.4 Å². The molecule has 12 nitrogen and oxygen atoms in total. The van der Waals surface area contributed by atoms with Crippen molar-refractivity contribution in [1.82, 2.24) is 20.4 Å². The van der Waals surface area contributed by atoms with Crippen LogP contribution < -0.4 is 22.9 Å². The second-order valence-electron chi connectivity index (χ2n) is 6.24. The molecular weight excluding hydrogens is 384 g/mol. The Morgan fingerprint density at radius 3 is 1.40 bits per heavy atom. The monoisotopic (exact) mass is 402 g/mol. The molecule has 2 aromatic carbocycles. The molecule has 10 N–H and O–H groups in total. The van der Waals surface area contributed by atoms with Crippen LogP contribution in [0.4, 0.5) is 46.0 Å². The third-order valence-electron chi connectivity index (χ3n) is 4.15. The lowest BCUT2D eigenvalue weighted by Crippen LogP contribution is -1.84. The van der Waals surface area contributed by atoms with Crippen LogP contribution in [0.15, 0.2) is 69.0 Å². The molecule has 0 aliphatic heterocycles. The molecule has 2 heterocycles. The van der Waals surface area contributed by atoms with Crippen molar-refractivity contribution in [3.63, 3.8) is 0 Å². The predicted octanol–water partition coefficient (Wildman–Crippen LogP) is 3.96. The average molecular weight is 402 g/mol. The van der Waals surface area contributed by atoms with E-state index in [1.807, 2.05) is 48.5 Å². The molecule has 0 saturated carbocycles. The minimum absolute atomic E-state index is 0.185. The molecule has 4 aromatic rings. The minimum Gasteiger partial charge on any atom is -0.382 e. The van der Waals surface area contributed by atoms with Gasteiger partial charge in [0, 0.05) is 0 Å². The van der Waals surface area contributed by atoms with Crippen LogP contribution in [-0.2, 0) is 0 Å². The molecule has 150 valence electrons. The van der Waals surface area contributed by atoms with Gasteiger partial charge >= 0.3 is 0 Å². The van der Waals surface area contributed by atoms with Gasteiger partial charge in [-0.25, -0.2) is 0 Å². The lowest BCUT2D eigenvalue weighted by Gasteiger charge is -2.03. The molecule has 12 heteroatoms. The van der Waals surface area contributed by atoms with Crippen molar-refractivity contribution in [2.45, 2.75) is 0 Å². The third kappa shape index (κ3) is 3.77. The normalized spacial score (nSPS) is 11.6. The Bertz CT molecular complexity index is 1110. The summed E-state index contributed by atoms with van der Waals surface area (Å²) in [5.74, 6) is 0.877. The lowest BCUT2D eigenvalue weighted by molar-refractivity contribution is 1.11. The van der Waals surface area contributed by atoms with Crippen molar-refractivity contribution in [2.24, 2.45) is 20.5 Å². The zero-order chi connectivity index (χ0) is 21.1. The van der Waals surface area contributed by atoms with Gasteiger partial charge in [0.1, 0.15) is 11.6 Å². The van der Waals surface area contributed by atoms with Gasteiger partial charge in [0.05, 0.1) is 11.4 Å². The van der Waals surface area contributed by atoms with Crippen LogP contribution in [0.3, 0.4) is 0 Å². The fourth-order valence-electron chi connectivity index (χ4n) is 2.65. The molecule has 0 fully saturated rings. The van der Waals surface area contributed by atoms with E-state index < -0.39 is 0 Å². The average Bonchev–Trinajstić information content (AvgIpc) is 3.25. The van der Waals surface area contributed by atoms with E-state index in [1.54, 1.807) is 0 Å². The number of H-pyrrole nitrogens is 2. The Kier molecular flexibility index (Phi) is 4.78. The highest BCUT2D eigenvalue weighted by molar-refractivity contribution is 5.72.